The van der Waals surface area contributed by atoms with Gasteiger partial charge in [0.25, 0.3) is 0 Å². The van der Waals surface area contributed by atoms with Gasteiger partial charge in [0.05, 0.1) is 4.90 Å². The third kappa shape index (κ3) is 8.06. The Morgan fingerprint density at radius 3 is 2.32 bits per heavy atom. The van der Waals surface area contributed by atoms with Crippen LogP contribution in [0.25, 0.3) is 16.3 Å². The van der Waals surface area contributed by atoms with Gasteiger partial charge in [0.15, 0.2) is 0 Å². The van der Waals surface area contributed by atoms with E-state index in [1.165, 1.54) is 0 Å². The van der Waals surface area contributed by atoms with Crippen molar-refractivity contribution in [3.05, 3.63) is 112 Å². The smallest absolute Gasteiger partial charge is 0.303 e. The molecule has 4 rings (SSSR count). The lowest BCUT2D eigenvalue weighted by Gasteiger charge is -2.17. The Morgan fingerprint density at radius 2 is 1.61 bits per heavy atom. The first-order valence-corrected chi connectivity index (χ1v) is 15.9. The SMILES string of the molecule is CN(C)c1cccc2c(S(=O)(=O)NCCCc3ccc(/C(=C\CCCC(=O)O)c4cccc(Br)c4)cc3)cccc12. The summed E-state index contributed by atoms with van der Waals surface area (Å²) in [7, 11) is 0.222. The molecule has 214 valence electrons. The molecule has 0 aliphatic carbocycles. The van der Waals surface area contributed by atoms with Crippen molar-refractivity contribution in [1.82, 2.24) is 4.72 Å². The molecule has 0 atom stereocenters. The molecular formula is C33H35BrN2O4S. The van der Waals surface area contributed by atoms with Crippen molar-refractivity contribution in [1.29, 1.82) is 0 Å². The van der Waals surface area contributed by atoms with E-state index in [1.54, 1.807) is 12.1 Å². The van der Waals surface area contributed by atoms with E-state index in [2.05, 4.69) is 57.1 Å². The number of carboxylic acid groups (broad SMARTS) is 1. The Kier molecular flexibility index (Phi) is 10.4. The molecule has 0 radical (unpaired) electrons. The van der Waals surface area contributed by atoms with Crippen molar-refractivity contribution >= 4 is 54.0 Å². The van der Waals surface area contributed by atoms with Gasteiger partial charge in [-0.3, -0.25) is 4.79 Å². The molecule has 0 saturated heterocycles. The summed E-state index contributed by atoms with van der Waals surface area (Å²) < 4.78 is 30.2. The van der Waals surface area contributed by atoms with Crippen molar-refractivity contribution < 1.29 is 18.3 Å². The van der Waals surface area contributed by atoms with Crippen LogP contribution in [-0.4, -0.2) is 40.1 Å². The summed E-state index contributed by atoms with van der Waals surface area (Å²) in [6.45, 7) is 0.334. The summed E-state index contributed by atoms with van der Waals surface area (Å²) in [5, 5.41) is 10.6. The van der Waals surface area contributed by atoms with E-state index in [1.807, 2.05) is 61.5 Å². The van der Waals surface area contributed by atoms with Crippen molar-refractivity contribution in [2.45, 2.75) is 37.0 Å². The number of anilines is 1. The van der Waals surface area contributed by atoms with Gasteiger partial charge in [-0.25, -0.2) is 13.1 Å². The molecule has 0 amide bonds. The summed E-state index contributed by atoms with van der Waals surface area (Å²) in [5.41, 5.74) is 5.26. The maximum Gasteiger partial charge on any atom is 0.303 e. The first kappa shape index (κ1) is 30.5. The van der Waals surface area contributed by atoms with Gasteiger partial charge in [0, 0.05) is 48.0 Å². The minimum Gasteiger partial charge on any atom is -0.481 e. The van der Waals surface area contributed by atoms with Crippen molar-refractivity contribution in [2.24, 2.45) is 0 Å². The number of hydrogen-bond acceptors (Lipinski definition) is 4. The number of nitrogens with zero attached hydrogens (tertiary/aromatic N) is 1. The number of allylic oxidation sites excluding steroid dienone is 1. The highest BCUT2D eigenvalue weighted by atomic mass is 79.9. The monoisotopic (exact) mass is 634 g/mol. The minimum absolute atomic E-state index is 0.141. The van der Waals surface area contributed by atoms with E-state index in [9.17, 15) is 13.2 Å². The number of halogens is 1. The highest BCUT2D eigenvalue weighted by Gasteiger charge is 2.18. The summed E-state index contributed by atoms with van der Waals surface area (Å²) in [6.07, 6.45) is 4.89. The van der Waals surface area contributed by atoms with Crippen LogP contribution >= 0.6 is 15.9 Å². The van der Waals surface area contributed by atoms with Crippen LogP contribution in [0, 0.1) is 0 Å². The molecule has 0 fully saturated rings. The van der Waals surface area contributed by atoms with Crippen LogP contribution in [0.3, 0.4) is 0 Å². The Hall–Kier alpha value is -3.46. The van der Waals surface area contributed by atoms with Gasteiger partial charge < -0.3 is 10.0 Å². The van der Waals surface area contributed by atoms with E-state index in [0.717, 1.165) is 44.2 Å². The number of carboxylic acids is 1. The molecule has 2 N–H and O–H groups in total. The van der Waals surface area contributed by atoms with Gasteiger partial charge in [0.1, 0.15) is 0 Å². The van der Waals surface area contributed by atoms with Crippen LogP contribution in [0.4, 0.5) is 5.69 Å². The molecular weight excluding hydrogens is 600 g/mol. The number of carbonyl (C=O) groups is 1. The lowest BCUT2D eigenvalue weighted by Crippen LogP contribution is -2.25. The summed E-state index contributed by atoms with van der Waals surface area (Å²) in [5.74, 6) is -0.787. The second-order valence-corrected chi connectivity index (χ2v) is 12.8. The van der Waals surface area contributed by atoms with E-state index in [-0.39, 0.29) is 6.42 Å². The molecule has 0 spiro atoms. The number of hydrogen-bond donors (Lipinski definition) is 2. The molecule has 0 aromatic heterocycles. The minimum atomic E-state index is -3.67. The number of aliphatic carboxylic acids is 1. The van der Waals surface area contributed by atoms with Gasteiger partial charge in [-0.2, -0.15) is 0 Å². The van der Waals surface area contributed by atoms with Crippen molar-refractivity contribution in [2.75, 3.05) is 25.5 Å². The lowest BCUT2D eigenvalue weighted by atomic mass is 9.95. The van der Waals surface area contributed by atoms with Crippen LogP contribution in [0.15, 0.2) is 100 Å². The van der Waals surface area contributed by atoms with Crippen LogP contribution in [0.2, 0.25) is 0 Å². The Bertz CT molecular complexity index is 1650. The first-order chi connectivity index (χ1) is 19.7. The van der Waals surface area contributed by atoms with Gasteiger partial charge in [-0.1, -0.05) is 82.7 Å². The molecule has 4 aromatic carbocycles. The molecule has 0 saturated carbocycles. The molecule has 8 heteroatoms. The maximum absolute atomic E-state index is 13.2. The third-order valence-corrected chi connectivity index (χ3v) is 8.92. The van der Waals surface area contributed by atoms with E-state index >= 15 is 0 Å². The zero-order chi connectivity index (χ0) is 29.4. The molecule has 0 aliphatic heterocycles. The average Bonchev–Trinajstić information content (AvgIpc) is 2.95. The number of fused-ring (bicyclic) bond motifs is 1. The number of benzene rings is 4. The maximum atomic E-state index is 13.2. The van der Waals surface area contributed by atoms with Crippen molar-refractivity contribution in [3.63, 3.8) is 0 Å². The molecule has 0 unspecified atom stereocenters. The fraction of sp³-hybridized carbons (Fsp3) is 0.242. The third-order valence-electron chi connectivity index (χ3n) is 6.91. The molecule has 0 aliphatic rings. The van der Waals surface area contributed by atoms with Crippen LogP contribution in [0.1, 0.15) is 42.4 Å². The van der Waals surface area contributed by atoms with Crippen molar-refractivity contribution in [3.8, 4) is 0 Å². The van der Waals surface area contributed by atoms with Crippen LogP contribution in [-0.2, 0) is 21.2 Å². The number of unbranched alkanes of at least 4 members (excludes halogenated alkanes) is 1. The molecule has 6 nitrogen and oxygen atoms in total. The predicted octanol–water partition coefficient (Wildman–Crippen LogP) is 7.27. The molecule has 0 bridgehead atoms. The van der Waals surface area contributed by atoms with Gasteiger partial charge >= 0.3 is 5.97 Å². The first-order valence-electron chi connectivity index (χ1n) is 13.6. The second kappa shape index (κ2) is 13.9. The van der Waals surface area contributed by atoms with E-state index in [0.29, 0.717) is 36.1 Å². The lowest BCUT2D eigenvalue weighted by molar-refractivity contribution is -0.137. The normalized spacial score (nSPS) is 12.0. The highest BCUT2D eigenvalue weighted by Crippen LogP contribution is 2.30. The summed E-state index contributed by atoms with van der Waals surface area (Å²) >= 11 is 3.54. The topological polar surface area (TPSA) is 86.7 Å². The Morgan fingerprint density at radius 1 is 0.902 bits per heavy atom. The molecule has 0 heterocycles. The fourth-order valence-electron chi connectivity index (χ4n) is 4.87. The molecule has 4 aromatic rings. The van der Waals surface area contributed by atoms with Crippen LogP contribution in [0.5, 0.6) is 0 Å². The van der Waals surface area contributed by atoms with Gasteiger partial charge in [-0.15, -0.1) is 0 Å². The zero-order valence-corrected chi connectivity index (χ0v) is 25.7. The van der Waals surface area contributed by atoms with Crippen LogP contribution < -0.4 is 9.62 Å². The Labute approximate surface area is 250 Å². The number of sulfonamides is 1. The second-order valence-electron chi connectivity index (χ2n) is 10.1. The standard InChI is InChI=1S/C33H35BrN2O4S/c1-36(2)31-15-6-14-30-29(31)13-7-16-32(30)41(39,40)35-22-8-9-24-18-20-25(21-19-24)28(12-3-4-17-33(37)38)26-10-5-11-27(34)23-26/h5-7,10-16,18-21,23,35H,3-4,8-9,17,22H2,1-2H3,(H,37,38)/b28-12+. The number of aryl methyl sites for hydroxylation is 1. The fourth-order valence-corrected chi connectivity index (χ4v) is 6.57. The predicted molar refractivity (Wildman–Crippen MR) is 171 cm³/mol. The summed E-state index contributed by atoms with van der Waals surface area (Å²) in [6, 6.07) is 27.4. The number of nitrogens with one attached hydrogen (secondary N) is 1. The van der Waals surface area contributed by atoms with Gasteiger partial charge in [-0.05, 0) is 72.2 Å². The largest absolute Gasteiger partial charge is 0.481 e. The quantitative estimate of drug-likeness (QED) is 0.151. The Balaban J connectivity index is 1.41. The highest BCUT2D eigenvalue weighted by molar-refractivity contribution is 9.10. The zero-order valence-electron chi connectivity index (χ0n) is 23.3. The number of rotatable bonds is 13. The van der Waals surface area contributed by atoms with E-state index in [4.69, 9.17) is 5.11 Å². The average molecular weight is 636 g/mol. The summed E-state index contributed by atoms with van der Waals surface area (Å²) in [4.78, 5) is 13.2. The van der Waals surface area contributed by atoms with E-state index < -0.39 is 16.0 Å². The van der Waals surface area contributed by atoms with Gasteiger partial charge in [0.2, 0.25) is 10.0 Å². The molecule has 41 heavy (non-hydrogen) atoms.